The molecule has 0 saturated carbocycles. The number of nitro groups is 1. The molecule has 1 aromatic rings. The maximum Gasteiger partial charge on any atom is 0.303 e. The van der Waals surface area contributed by atoms with Gasteiger partial charge in [0.1, 0.15) is 0 Å². The van der Waals surface area contributed by atoms with E-state index in [9.17, 15) is 19.7 Å². The Morgan fingerprint density at radius 1 is 1.38 bits per heavy atom. The van der Waals surface area contributed by atoms with Crippen LogP contribution < -0.4 is 5.32 Å². The summed E-state index contributed by atoms with van der Waals surface area (Å²) in [6.07, 6.45) is 0.00970. The Morgan fingerprint density at radius 3 is 2.52 bits per heavy atom. The Morgan fingerprint density at radius 2 is 2.00 bits per heavy atom. The van der Waals surface area contributed by atoms with E-state index in [1.807, 2.05) is 0 Å². The van der Waals surface area contributed by atoms with Crippen LogP contribution >= 0.6 is 11.8 Å². The molecular formula is C13H16N2O5S. The number of carbonyl (C=O) groups excluding carboxylic acids is 1. The van der Waals surface area contributed by atoms with E-state index in [0.717, 1.165) is 4.90 Å². The van der Waals surface area contributed by atoms with Crippen LogP contribution in [0.3, 0.4) is 0 Å². The number of nitrogens with zero attached hydrogens (tertiary/aromatic N) is 1. The second-order valence-corrected chi connectivity index (χ2v) is 5.60. The van der Waals surface area contributed by atoms with Crippen molar-refractivity contribution in [3.8, 4) is 0 Å². The van der Waals surface area contributed by atoms with Gasteiger partial charge in [-0.05, 0) is 18.1 Å². The van der Waals surface area contributed by atoms with Gasteiger partial charge in [-0.25, -0.2) is 0 Å². The SMILES string of the molecule is CC(CNC(=O)CSc1ccc([N+](=O)[O-])cc1)CC(=O)O. The van der Waals surface area contributed by atoms with Crippen molar-refractivity contribution in [3.63, 3.8) is 0 Å². The molecule has 0 aliphatic rings. The third-order valence-corrected chi connectivity index (χ3v) is 3.60. The molecule has 114 valence electrons. The summed E-state index contributed by atoms with van der Waals surface area (Å²) in [6, 6.07) is 5.94. The van der Waals surface area contributed by atoms with E-state index >= 15 is 0 Å². The van der Waals surface area contributed by atoms with Crippen LogP contribution in [0.25, 0.3) is 0 Å². The Labute approximate surface area is 125 Å². The Balaban J connectivity index is 2.32. The molecule has 0 bridgehead atoms. The Bertz CT molecular complexity index is 518. The number of benzene rings is 1. The van der Waals surface area contributed by atoms with E-state index in [1.165, 1.54) is 23.9 Å². The fraction of sp³-hybridized carbons (Fsp3) is 0.385. The van der Waals surface area contributed by atoms with Gasteiger partial charge < -0.3 is 10.4 Å². The van der Waals surface area contributed by atoms with Gasteiger partial charge in [-0.3, -0.25) is 19.7 Å². The van der Waals surface area contributed by atoms with E-state index in [1.54, 1.807) is 19.1 Å². The standard InChI is InChI=1S/C13H16N2O5S/c1-9(6-13(17)18)7-14-12(16)8-21-11-4-2-10(3-5-11)15(19)20/h2-5,9H,6-8H2,1H3,(H,14,16)(H,17,18). The number of nitrogens with one attached hydrogen (secondary N) is 1. The van der Waals surface area contributed by atoms with Crippen LogP contribution in [0.1, 0.15) is 13.3 Å². The van der Waals surface area contributed by atoms with Crippen molar-refractivity contribution >= 4 is 29.3 Å². The number of rotatable bonds is 8. The predicted molar refractivity (Wildman–Crippen MR) is 78.2 cm³/mol. The largest absolute Gasteiger partial charge is 0.481 e. The van der Waals surface area contributed by atoms with Crippen molar-refractivity contribution in [2.45, 2.75) is 18.2 Å². The molecule has 7 nitrogen and oxygen atoms in total. The lowest BCUT2D eigenvalue weighted by Gasteiger charge is -2.10. The number of amides is 1. The maximum atomic E-state index is 11.6. The highest BCUT2D eigenvalue weighted by atomic mass is 32.2. The van der Waals surface area contributed by atoms with Crippen LogP contribution in [0.2, 0.25) is 0 Å². The first kappa shape index (κ1) is 17.0. The number of carboxylic acids is 1. The quantitative estimate of drug-likeness (QED) is 0.431. The van der Waals surface area contributed by atoms with Crippen molar-refractivity contribution < 1.29 is 19.6 Å². The summed E-state index contributed by atoms with van der Waals surface area (Å²) in [7, 11) is 0. The van der Waals surface area contributed by atoms with E-state index in [4.69, 9.17) is 5.11 Å². The highest BCUT2D eigenvalue weighted by molar-refractivity contribution is 8.00. The first-order valence-electron chi connectivity index (χ1n) is 6.24. The fourth-order valence-electron chi connectivity index (χ4n) is 1.52. The Kier molecular flexibility index (Phi) is 6.67. The molecule has 0 aliphatic heterocycles. The summed E-state index contributed by atoms with van der Waals surface area (Å²) in [4.78, 5) is 32.8. The molecule has 1 atom stereocenters. The van der Waals surface area contributed by atoms with Crippen molar-refractivity contribution in [1.29, 1.82) is 0 Å². The molecule has 0 spiro atoms. The lowest BCUT2D eigenvalue weighted by molar-refractivity contribution is -0.384. The predicted octanol–water partition coefficient (Wildman–Crippen LogP) is 1.91. The van der Waals surface area contributed by atoms with Gasteiger partial charge in [0, 0.05) is 30.0 Å². The summed E-state index contributed by atoms with van der Waals surface area (Å²) in [5.74, 6) is -1.04. The van der Waals surface area contributed by atoms with Crippen LogP contribution in [0.15, 0.2) is 29.2 Å². The van der Waals surface area contributed by atoms with Crippen molar-refractivity contribution in [2.24, 2.45) is 5.92 Å². The average Bonchev–Trinajstić information content (AvgIpc) is 2.42. The minimum atomic E-state index is -0.892. The van der Waals surface area contributed by atoms with E-state index in [-0.39, 0.29) is 29.7 Å². The average molecular weight is 312 g/mol. The van der Waals surface area contributed by atoms with Crippen LogP contribution in [-0.4, -0.2) is 34.2 Å². The first-order valence-corrected chi connectivity index (χ1v) is 7.22. The molecule has 1 unspecified atom stereocenters. The zero-order valence-electron chi connectivity index (χ0n) is 11.4. The molecule has 0 aliphatic carbocycles. The number of hydrogen-bond acceptors (Lipinski definition) is 5. The molecule has 0 aromatic heterocycles. The third kappa shape index (κ3) is 6.75. The second-order valence-electron chi connectivity index (χ2n) is 4.55. The van der Waals surface area contributed by atoms with Crippen molar-refractivity contribution in [1.82, 2.24) is 5.32 Å². The van der Waals surface area contributed by atoms with Crippen molar-refractivity contribution in [2.75, 3.05) is 12.3 Å². The summed E-state index contributed by atoms with van der Waals surface area (Å²) in [5.41, 5.74) is 0.00583. The number of carboxylic acid groups (broad SMARTS) is 1. The molecular weight excluding hydrogens is 296 g/mol. The van der Waals surface area contributed by atoms with Gasteiger partial charge in [0.15, 0.2) is 0 Å². The monoisotopic (exact) mass is 312 g/mol. The molecule has 0 heterocycles. The minimum absolute atomic E-state index is 0.00583. The van der Waals surface area contributed by atoms with Crippen LogP contribution in [0.4, 0.5) is 5.69 Å². The lowest BCUT2D eigenvalue weighted by Crippen LogP contribution is -2.30. The normalized spacial score (nSPS) is 11.7. The number of aliphatic carboxylic acids is 1. The van der Waals surface area contributed by atoms with Crippen LogP contribution in [0.5, 0.6) is 0 Å². The van der Waals surface area contributed by atoms with E-state index in [2.05, 4.69) is 5.32 Å². The number of thioether (sulfide) groups is 1. The molecule has 0 fully saturated rings. The first-order chi connectivity index (χ1) is 9.88. The minimum Gasteiger partial charge on any atom is -0.481 e. The van der Waals surface area contributed by atoms with Gasteiger partial charge >= 0.3 is 5.97 Å². The summed E-state index contributed by atoms with van der Waals surface area (Å²) in [6.45, 7) is 2.06. The molecule has 1 rings (SSSR count). The second kappa shape index (κ2) is 8.25. The maximum absolute atomic E-state index is 11.6. The summed E-state index contributed by atoms with van der Waals surface area (Å²) in [5, 5.41) is 21.8. The third-order valence-electron chi connectivity index (χ3n) is 2.59. The molecule has 8 heteroatoms. The molecule has 1 amide bonds. The topological polar surface area (TPSA) is 110 Å². The van der Waals surface area contributed by atoms with Crippen LogP contribution in [0, 0.1) is 16.0 Å². The number of hydrogen-bond donors (Lipinski definition) is 2. The Hall–Kier alpha value is -2.09. The number of nitro benzene ring substituents is 1. The van der Waals surface area contributed by atoms with E-state index in [0.29, 0.717) is 6.54 Å². The lowest BCUT2D eigenvalue weighted by atomic mass is 10.1. The van der Waals surface area contributed by atoms with Crippen molar-refractivity contribution in [3.05, 3.63) is 34.4 Å². The van der Waals surface area contributed by atoms with Gasteiger partial charge in [0.2, 0.25) is 5.91 Å². The van der Waals surface area contributed by atoms with Gasteiger partial charge in [-0.2, -0.15) is 0 Å². The van der Waals surface area contributed by atoms with Gasteiger partial charge in [-0.1, -0.05) is 6.92 Å². The zero-order chi connectivity index (χ0) is 15.8. The number of non-ortho nitro benzene ring substituents is 1. The zero-order valence-corrected chi connectivity index (χ0v) is 12.3. The fourth-order valence-corrected chi connectivity index (χ4v) is 2.25. The molecule has 2 N–H and O–H groups in total. The highest BCUT2D eigenvalue weighted by Gasteiger charge is 2.10. The van der Waals surface area contributed by atoms with E-state index < -0.39 is 10.9 Å². The molecule has 21 heavy (non-hydrogen) atoms. The molecule has 1 aromatic carbocycles. The summed E-state index contributed by atoms with van der Waals surface area (Å²) < 4.78 is 0. The van der Waals surface area contributed by atoms with Gasteiger partial charge in [0.25, 0.3) is 5.69 Å². The smallest absolute Gasteiger partial charge is 0.303 e. The van der Waals surface area contributed by atoms with Gasteiger partial charge in [-0.15, -0.1) is 11.8 Å². The van der Waals surface area contributed by atoms with Crippen LogP contribution in [-0.2, 0) is 9.59 Å². The summed E-state index contributed by atoms with van der Waals surface area (Å²) >= 11 is 1.26. The van der Waals surface area contributed by atoms with Gasteiger partial charge in [0.05, 0.1) is 10.7 Å². The number of carbonyl (C=O) groups is 2. The molecule has 0 radical (unpaired) electrons. The highest BCUT2D eigenvalue weighted by Crippen LogP contribution is 2.21. The molecule has 0 saturated heterocycles.